The number of benzene rings is 2. The van der Waals surface area contributed by atoms with Crippen LogP contribution in [0.3, 0.4) is 0 Å². The molecular formula is C23H35N5O2Zn+2. The maximum Gasteiger partial charge on any atom is 2.00 e. The van der Waals surface area contributed by atoms with Crippen molar-refractivity contribution < 1.29 is 29.7 Å². The Kier molecular flexibility index (Phi) is 13.4. The summed E-state index contributed by atoms with van der Waals surface area (Å²) < 4.78 is 0. The summed E-state index contributed by atoms with van der Waals surface area (Å²) in [7, 11) is 0. The minimum atomic E-state index is -0.630. The topological polar surface area (TPSA) is 114 Å². The monoisotopic (exact) mass is 477 g/mol. The second kappa shape index (κ2) is 15.2. The molecule has 0 radical (unpaired) electrons. The number of carbonyl (C=O) groups excluding carboxylic acids is 1. The summed E-state index contributed by atoms with van der Waals surface area (Å²) in [5, 5.41) is 10.2. The second-order valence-corrected chi connectivity index (χ2v) is 7.40. The molecule has 1 amide bonds. The van der Waals surface area contributed by atoms with Crippen molar-refractivity contribution in [3.8, 4) is 0 Å². The fourth-order valence-electron chi connectivity index (χ4n) is 3.77. The van der Waals surface area contributed by atoms with Gasteiger partial charge in [-0.15, -0.1) is 0 Å². The van der Waals surface area contributed by atoms with Crippen LogP contribution in [0, 0.1) is 0 Å². The number of nitrogens with zero attached hydrogens (tertiary/aromatic N) is 1. The van der Waals surface area contributed by atoms with Crippen molar-refractivity contribution in [2.75, 3.05) is 52.4 Å². The van der Waals surface area contributed by atoms with Crippen LogP contribution in [0.15, 0.2) is 60.7 Å². The largest absolute Gasteiger partial charge is 2.00 e. The summed E-state index contributed by atoms with van der Waals surface area (Å²) in [5.41, 5.74) is 8.76. The van der Waals surface area contributed by atoms with Gasteiger partial charge in [0.15, 0.2) is 0 Å². The quantitative estimate of drug-likeness (QED) is 0.459. The Morgan fingerprint density at radius 1 is 0.742 bits per heavy atom. The molecule has 2 aromatic carbocycles. The second-order valence-electron chi connectivity index (χ2n) is 7.40. The van der Waals surface area contributed by atoms with E-state index >= 15 is 0 Å². The maximum absolute atomic E-state index is 13.4. The van der Waals surface area contributed by atoms with Crippen molar-refractivity contribution in [3.05, 3.63) is 71.8 Å². The van der Waals surface area contributed by atoms with Crippen LogP contribution < -0.4 is 21.7 Å². The molecule has 1 atom stereocenters. The zero-order valence-electron chi connectivity index (χ0n) is 18.2. The normalized spacial score (nSPS) is 16.8. The number of amides is 1. The van der Waals surface area contributed by atoms with Gasteiger partial charge in [0.05, 0.1) is 6.04 Å². The number of nitrogens with two attached hydrogens (primary N) is 1. The van der Waals surface area contributed by atoms with E-state index in [0.717, 1.165) is 50.4 Å². The number of nitrogens with one attached hydrogen (secondary N) is 3. The molecule has 0 bridgehead atoms. The molecule has 7 nitrogen and oxygen atoms in total. The first-order valence-corrected chi connectivity index (χ1v) is 10.5. The summed E-state index contributed by atoms with van der Waals surface area (Å²) >= 11 is 0. The molecular weight excluding hydrogens is 444 g/mol. The van der Waals surface area contributed by atoms with Crippen molar-refractivity contribution in [1.29, 1.82) is 0 Å². The molecule has 1 aliphatic rings. The molecule has 8 heteroatoms. The first-order valence-electron chi connectivity index (χ1n) is 10.5. The van der Waals surface area contributed by atoms with Crippen molar-refractivity contribution >= 4 is 5.91 Å². The molecule has 0 aliphatic carbocycles. The summed E-state index contributed by atoms with van der Waals surface area (Å²) in [4.78, 5) is 15.3. The Morgan fingerprint density at radius 2 is 1.13 bits per heavy atom. The van der Waals surface area contributed by atoms with E-state index in [1.54, 1.807) is 0 Å². The molecule has 1 saturated heterocycles. The van der Waals surface area contributed by atoms with Gasteiger partial charge in [0.1, 0.15) is 0 Å². The Hall–Kier alpha value is -1.67. The van der Waals surface area contributed by atoms with E-state index in [2.05, 4.69) is 40.2 Å². The van der Waals surface area contributed by atoms with Crippen LogP contribution in [0.4, 0.5) is 0 Å². The molecule has 3 rings (SSSR count). The van der Waals surface area contributed by atoms with Gasteiger partial charge in [-0.1, -0.05) is 60.7 Å². The van der Waals surface area contributed by atoms with E-state index in [0.29, 0.717) is 13.1 Å². The van der Waals surface area contributed by atoms with Crippen molar-refractivity contribution in [3.63, 3.8) is 0 Å². The zero-order chi connectivity index (χ0) is 20.3. The van der Waals surface area contributed by atoms with E-state index in [-0.39, 0.29) is 36.8 Å². The molecule has 1 aliphatic heterocycles. The van der Waals surface area contributed by atoms with E-state index in [9.17, 15) is 4.79 Å². The van der Waals surface area contributed by atoms with Gasteiger partial charge in [-0.2, -0.15) is 0 Å². The maximum atomic E-state index is 13.4. The van der Waals surface area contributed by atoms with Gasteiger partial charge in [-0.25, -0.2) is 0 Å². The van der Waals surface area contributed by atoms with Gasteiger partial charge < -0.3 is 32.1 Å². The standard InChI is InChI=1S/C23H33N5O.H2O.Zn/c24-22(21(19-7-3-1-4-8-19)20-9-5-2-6-10-20)23(29)28-17-15-26-13-11-25-12-14-27-16-18-28;;/h1-10,21-22,25-27H,11-18,24H2;1H2;/q;;+2/t22-;;/m0../s1. The molecule has 0 spiro atoms. The Bertz CT molecular complexity index is 684. The fraction of sp³-hybridized carbons (Fsp3) is 0.435. The summed E-state index contributed by atoms with van der Waals surface area (Å²) in [6.45, 7) is 6.49. The smallest absolute Gasteiger partial charge is 0.412 e. The van der Waals surface area contributed by atoms with E-state index in [1.165, 1.54) is 0 Å². The van der Waals surface area contributed by atoms with Gasteiger partial charge in [0, 0.05) is 58.3 Å². The summed E-state index contributed by atoms with van der Waals surface area (Å²) in [6, 6.07) is 19.6. The number of rotatable bonds is 4. The zero-order valence-corrected chi connectivity index (χ0v) is 21.2. The molecule has 31 heavy (non-hydrogen) atoms. The third kappa shape index (κ3) is 8.41. The third-order valence-corrected chi connectivity index (χ3v) is 5.35. The Balaban J connectivity index is 0.00000240. The first-order chi connectivity index (χ1) is 14.3. The van der Waals surface area contributed by atoms with Crippen molar-refractivity contribution in [2.45, 2.75) is 12.0 Å². The molecule has 7 N–H and O–H groups in total. The van der Waals surface area contributed by atoms with Crippen LogP contribution in [0.25, 0.3) is 0 Å². The van der Waals surface area contributed by atoms with Gasteiger partial charge in [-0.05, 0) is 11.1 Å². The van der Waals surface area contributed by atoms with E-state index in [1.807, 2.05) is 41.3 Å². The van der Waals surface area contributed by atoms with Gasteiger partial charge in [-0.3, -0.25) is 4.79 Å². The Labute approximate surface area is 198 Å². The third-order valence-electron chi connectivity index (χ3n) is 5.35. The van der Waals surface area contributed by atoms with Gasteiger partial charge in [0.2, 0.25) is 5.91 Å². The molecule has 164 valence electrons. The fourth-order valence-corrected chi connectivity index (χ4v) is 3.77. The minimum Gasteiger partial charge on any atom is -0.412 e. The van der Waals surface area contributed by atoms with Crippen LogP contribution in [-0.2, 0) is 24.3 Å². The van der Waals surface area contributed by atoms with Crippen LogP contribution in [0.1, 0.15) is 17.0 Å². The van der Waals surface area contributed by atoms with Crippen LogP contribution in [-0.4, -0.2) is 74.7 Å². The molecule has 2 aromatic rings. The number of hydrogen-bond acceptors (Lipinski definition) is 5. The van der Waals surface area contributed by atoms with Crippen LogP contribution in [0.2, 0.25) is 0 Å². The average molecular weight is 479 g/mol. The first kappa shape index (κ1) is 27.4. The van der Waals surface area contributed by atoms with Crippen LogP contribution >= 0.6 is 0 Å². The molecule has 0 aromatic heterocycles. The van der Waals surface area contributed by atoms with Crippen LogP contribution in [0.5, 0.6) is 0 Å². The van der Waals surface area contributed by atoms with Crippen molar-refractivity contribution in [2.24, 2.45) is 5.73 Å². The summed E-state index contributed by atoms with van der Waals surface area (Å²) in [6.07, 6.45) is 0. The van der Waals surface area contributed by atoms with Gasteiger partial charge in [0.25, 0.3) is 0 Å². The molecule has 1 heterocycles. The van der Waals surface area contributed by atoms with E-state index in [4.69, 9.17) is 5.73 Å². The predicted octanol–water partition coefficient (Wildman–Crippen LogP) is -0.0704. The molecule has 1 fully saturated rings. The number of hydrogen-bond donors (Lipinski definition) is 4. The summed E-state index contributed by atoms with van der Waals surface area (Å²) in [5.74, 6) is -0.169. The Morgan fingerprint density at radius 3 is 1.55 bits per heavy atom. The molecule has 0 unspecified atom stereocenters. The van der Waals surface area contributed by atoms with Crippen molar-refractivity contribution in [1.82, 2.24) is 20.9 Å². The minimum absolute atomic E-state index is 0. The average Bonchev–Trinajstić information content (AvgIpc) is 2.75. The predicted molar refractivity (Wildman–Crippen MR) is 122 cm³/mol. The van der Waals surface area contributed by atoms with E-state index < -0.39 is 6.04 Å². The molecule has 0 saturated carbocycles. The van der Waals surface area contributed by atoms with Gasteiger partial charge >= 0.3 is 19.5 Å². The number of carbonyl (C=O) groups is 1. The SMILES string of the molecule is N[C@H](C(=O)N1CCNCCNCCNCC1)C(c1ccccc1)c1ccccc1.O.[Zn+2].